The van der Waals surface area contributed by atoms with Gasteiger partial charge in [-0.3, -0.25) is 0 Å². The van der Waals surface area contributed by atoms with E-state index >= 15 is 0 Å². The Morgan fingerprint density at radius 3 is 3.00 bits per heavy atom. The number of aliphatic carboxylic acids is 1. The number of nitrogens with zero attached hydrogens (tertiary/aromatic N) is 1. The molecular formula is C13H13NO3S2. The predicted molar refractivity (Wildman–Crippen MR) is 76.5 cm³/mol. The van der Waals surface area contributed by atoms with Gasteiger partial charge in [0.15, 0.2) is 0 Å². The highest BCUT2D eigenvalue weighted by Crippen LogP contribution is 2.28. The fourth-order valence-electron chi connectivity index (χ4n) is 1.41. The van der Waals surface area contributed by atoms with E-state index < -0.39 is 5.97 Å². The number of aryl methyl sites for hydroxylation is 2. The van der Waals surface area contributed by atoms with E-state index in [4.69, 9.17) is 9.52 Å². The van der Waals surface area contributed by atoms with E-state index in [1.165, 1.54) is 11.8 Å². The van der Waals surface area contributed by atoms with Crippen molar-refractivity contribution in [2.45, 2.75) is 24.8 Å². The molecule has 6 heteroatoms. The Hall–Kier alpha value is -1.53. The van der Waals surface area contributed by atoms with Crippen LogP contribution in [-0.2, 0) is 10.5 Å². The minimum Gasteiger partial charge on any atom is -0.478 e. The molecule has 100 valence electrons. The fraction of sp³-hybridized carbons (Fsp3) is 0.231. The molecule has 2 rings (SSSR count). The maximum atomic E-state index is 10.5. The number of thioether (sulfide) groups is 1. The van der Waals surface area contributed by atoms with Crippen molar-refractivity contribution < 1.29 is 14.3 Å². The van der Waals surface area contributed by atoms with Gasteiger partial charge < -0.3 is 9.52 Å². The lowest BCUT2D eigenvalue weighted by molar-refractivity contribution is -0.131. The van der Waals surface area contributed by atoms with Gasteiger partial charge in [-0.25, -0.2) is 9.78 Å². The second-order valence-corrected chi connectivity index (χ2v) is 5.81. The Balaban J connectivity index is 2.04. The predicted octanol–water partition coefficient (Wildman–Crippen LogP) is 3.74. The standard InChI is InChI=1S/C13H13NO3S2/c1-8-9(2)17-13(14-8)19-7-11-10(5-6-18-11)3-4-12(15)16/h3-6H,7H2,1-2H3,(H,15,16)/b4-3+. The average Bonchev–Trinajstić information content (AvgIpc) is 2.92. The lowest BCUT2D eigenvalue weighted by atomic mass is 10.2. The summed E-state index contributed by atoms with van der Waals surface area (Å²) in [5, 5.41) is 11.2. The third-order valence-electron chi connectivity index (χ3n) is 2.52. The molecule has 0 saturated carbocycles. The summed E-state index contributed by atoms with van der Waals surface area (Å²) in [6.07, 6.45) is 2.76. The number of aromatic nitrogens is 1. The van der Waals surface area contributed by atoms with Gasteiger partial charge in [-0.1, -0.05) is 11.8 Å². The highest BCUT2D eigenvalue weighted by atomic mass is 32.2. The molecule has 2 heterocycles. The maximum Gasteiger partial charge on any atom is 0.328 e. The van der Waals surface area contributed by atoms with Crippen LogP contribution >= 0.6 is 23.1 Å². The molecule has 4 nitrogen and oxygen atoms in total. The van der Waals surface area contributed by atoms with Crippen molar-refractivity contribution in [2.24, 2.45) is 0 Å². The van der Waals surface area contributed by atoms with Crippen LogP contribution in [0.1, 0.15) is 21.9 Å². The number of hydrogen-bond acceptors (Lipinski definition) is 5. The third kappa shape index (κ3) is 3.71. The summed E-state index contributed by atoms with van der Waals surface area (Å²) in [6.45, 7) is 3.80. The van der Waals surface area contributed by atoms with Crippen LogP contribution in [-0.4, -0.2) is 16.1 Å². The van der Waals surface area contributed by atoms with E-state index in [2.05, 4.69) is 4.98 Å². The summed E-state index contributed by atoms with van der Waals surface area (Å²) < 4.78 is 5.49. The van der Waals surface area contributed by atoms with Crippen molar-refractivity contribution >= 4 is 35.1 Å². The monoisotopic (exact) mass is 295 g/mol. The van der Waals surface area contributed by atoms with Crippen LogP contribution in [0.25, 0.3) is 6.08 Å². The van der Waals surface area contributed by atoms with E-state index in [1.54, 1.807) is 17.4 Å². The Morgan fingerprint density at radius 2 is 2.37 bits per heavy atom. The Kier molecular flexibility index (Phi) is 4.44. The van der Waals surface area contributed by atoms with E-state index in [-0.39, 0.29) is 0 Å². The van der Waals surface area contributed by atoms with Crippen molar-refractivity contribution in [3.8, 4) is 0 Å². The molecule has 0 unspecified atom stereocenters. The van der Waals surface area contributed by atoms with Gasteiger partial charge in [0.2, 0.25) is 0 Å². The van der Waals surface area contributed by atoms with Gasteiger partial charge in [-0.2, -0.15) is 0 Å². The molecule has 0 aliphatic carbocycles. The molecule has 0 atom stereocenters. The van der Waals surface area contributed by atoms with Crippen molar-refractivity contribution in [1.82, 2.24) is 4.98 Å². The first kappa shape index (κ1) is 13.9. The molecule has 0 bridgehead atoms. The van der Waals surface area contributed by atoms with Gasteiger partial charge in [0, 0.05) is 16.7 Å². The number of oxazole rings is 1. The number of carboxylic acids is 1. The summed E-state index contributed by atoms with van der Waals surface area (Å²) in [6, 6.07) is 1.91. The number of hydrogen-bond donors (Lipinski definition) is 1. The first-order valence-corrected chi connectivity index (χ1v) is 7.47. The van der Waals surface area contributed by atoms with Crippen molar-refractivity contribution in [2.75, 3.05) is 0 Å². The highest BCUT2D eigenvalue weighted by molar-refractivity contribution is 7.98. The second kappa shape index (κ2) is 6.08. The fourth-order valence-corrected chi connectivity index (χ4v) is 3.32. The average molecular weight is 295 g/mol. The Morgan fingerprint density at radius 1 is 1.58 bits per heavy atom. The SMILES string of the molecule is Cc1nc(SCc2sccc2/C=C/C(=O)O)oc1C. The summed E-state index contributed by atoms with van der Waals surface area (Å²) in [5.41, 5.74) is 1.83. The lowest BCUT2D eigenvalue weighted by Gasteiger charge is -1.97. The Labute approximate surface area is 119 Å². The molecule has 19 heavy (non-hydrogen) atoms. The van der Waals surface area contributed by atoms with Crippen molar-refractivity contribution in [3.05, 3.63) is 39.4 Å². The van der Waals surface area contributed by atoms with Gasteiger partial charge in [-0.15, -0.1) is 11.3 Å². The zero-order valence-electron chi connectivity index (χ0n) is 10.5. The molecule has 0 spiro atoms. The van der Waals surface area contributed by atoms with Crippen LogP contribution < -0.4 is 0 Å². The molecule has 0 saturated heterocycles. The van der Waals surface area contributed by atoms with Gasteiger partial charge in [0.05, 0.1) is 5.69 Å². The minimum atomic E-state index is -0.941. The zero-order chi connectivity index (χ0) is 13.8. The zero-order valence-corrected chi connectivity index (χ0v) is 12.2. The molecule has 0 fully saturated rings. The first-order valence-electron chi connectivity index (χ1n) is 5.60. The van der Waals surface area contributed by atoms with Gasteiger partial charge in [-0.05, 0) is 36.9 Å². The Bertz CT molecular complexity index is 594. The summed E-state index contributed by atoms with van der Waals surface area (Å²) >= 11 is 3.11. The molecule has 0 aromatic carbocycles. The minimum absolute atomic E-state index is 0.650. The second-order valence-electron chi connectivity index (χ2n) is 3.88. The number of thiophene rings is 1. The molecule has 0 amide bonds. The first-order chi connectivity index (χ1) is 9.06. The van der Waals surface area contributed by atoms with Crippen LogP contribution in [0.3, 0.4) is 0 Å². The molecule has 2 aromatic heterocycles. The number of carbonyl (C=O) groups is 1. The molecule has 0 radical (unpaired) electrons. The summed E-state index contributed by atoms with van der Waals surface area (Å²) in [4.78, 5) is 15.9. The number of carboxylic acid groups (broad SMARTS) is 1. The normalized spacial score (nSPS) is 11.3. The molecule has 0 aliphatic heterocycles. The van der Waals surface area contributed by atoms with Gasteiger partial charge in [0.25, 0.3) is 5.22 Å². The van der Waals surface area contributed by atoms with Crippen LogP contribution in [0, 0.1) is 13.8 Å². The van der Waals surface area contributed by atoms with E-state index in [9.17, 15) is 4.79 Å². The van der Waals surface area contributed by atoms with E-state index in [0.29, 0.717) is 5.22 Å². The van der Waals surface area contributed by atoms with Gasteiger partial charge >= 0.3 is 5.97 Å². The topological polar surface area (TPSA) is 63.3 Å². The third-order valence-corrected chi connectivity index (χ3v) is 4.50. The largest absolute Gasteiger partial charge is 0.478 e. The maximum absolute atomic E-state index is 10.5. The highest BCUT2D eigenvalue weighted by Gasteiger charge is 2.08. The van der Waals surface area contributed by atoms with Crippen LogP contribution in [0.2, 0.25) is 0 Å². The van der Waals surface area contributed by atoms with Crippen molar-refractivity contribution in [3.63, 3.8) is 0 Å². The van der Waals surface area contributed by atoms with E-state index in [0.717, 1.165) is 33.7 Å². The smallest absolute Gasteiger partial charge is 0.328 e. The molecule has 2 aromatic rings. The van der Waals surface area contributed by atoms with Gasteiger partial charge in [0.1, 0.15) is 5.76 Å². The molecule has 1 N–H and O–H groups in total. The summed E-state index contributed by atoms with van der Waals surface area (Å²) in [7, 11) is 0. The van der Waals surface area contributed by atoms with Crippen LogP contribution in [0.15, 0.2) is 27.2 Å². The molecular weight excluding hydrogens is 282 g/mol. The summed E-state index contributed by atoms with van der Waals surface area (Å²) in [5.74, 6) is 0.611. The number of rotatable bonds is 5. The van der Waals surface area contributed by atoms with E-state index in [1.807, 2.05) is 25.3 Å². The quantitative estimate of drug-likeness (QED) is 0.672. The molecule has 0 aliphatic rings. The lowest BCUT2D eigenvalue weighted by Crippen LogP contribution is -1.86. The van der Waals surface area contributed by atoms with Crippen LogP contribution in [0.4, 0.5) is 0 Å². The van der Waals surface area contributed by atoms with Crippen LogP contribution in [0.5, 0.6) is 0 Å². The van der Waals surface area contributed by atoms with Crippen molar-refractivity contribution in [1.29, 1.82) is 0 Å².